The van der Waals surface area contributed by atoms with E-state index in [9.17, 15) is 0 Å². The first-order valence-corrected chi connectivity index (χ1v) is 20.6. The molecule has 0 aliphatic heterocycles. The Bertz CT molecular complexity index is 2930. The Morgan fingerprint density at radius 2 is 1.55 bits per heavy atom. The number of benzene rings is 4. The Labute approximate surface area is 341 Å². The second-order valence-corrected chi connectivity index (χ2v) is 16.3. The van der Waals surface area contributed by atoms with E-state index in [1.165, 1.54) is 22.3 Å². The number of hydrogen-bond acceptors (Lipinski definition) is 3. The highest BCUT2D eigenvalue weighted by Crippen LogP contribution is 2.52. The molecular formula is C54H49N3O. The van der Waals surface area contributed by atoms with Crippen LogP contribution in [-0.4, -0.2) is 22.6 Å². The van der Waals surface area contributed by atoms with Crippen molar-refractivity contribution in [2.24, 2.45) is 15.4 Å². The molecule has 3 aliphatic rings. The van der Waals surface area contributed by atoms with E-state index in [1.54, 1.807) is 0 Å². The Balaban J connectivity index is 1.13. The molecule has 0 N–H and O–H groups in total. The van der Waals surface area contributed by atoms with Crippen molar-refractivity contribution in [3.8, 4) is 22.4 Å². The maximum absolute atomic E-state index is 6.75. The van der Waals surface area contributed by atoms with Crippen molar-refractivity contribution in [2.45, 2.75) is 66.3 Å². The summed E-state index contributed by atoms with van der Waals surface area (Å²) in [5.74, 6) is 0.696. The number of aromatic nitrogens is 1. The summed E-state index contributed by atoms with van der Waals surface area (Å²) in [7, 11) is 0. The summed E-state index contributed by atoms with van der Waals surface area (Å²) in [6.07, 6.45) is 17.7. The van der Waals surface area contributed by atoms with Gasteiger partial charge in [0.05, 0.1) is 28.0 Å². The molecule has 6 aromatic rings. The van der Waals surface area contributed by atoms with Gasteiger partial charge in [-0.05, 0) is 103 Å². The average Bonchev–Trinajstić information content (AvgIpc) is 3.74. The number of nitrogens with zero attached hydrogens (tertiary/aromatic N) is 3. The molecule has 1 atom stereocenters. The third-order valence-corrected chi connectivity index (χ3v) is 12.2. The molecule has 3 aliphatic carbocycles. The van der Waals surface area contributed by atoms with Gasteiger partial charge in [-0.2, -0.15) is 0 Å². The summed E-state index contributed by atoms with van der Waals surface area (Å²) >= 11 is 0. The molecule has 2 heterocycles. The van der Waals surface area contributed by atoms with Crippen molar-refractivity contribution in [3.63, 3.8) is 0 Å². The minimum Gasteiger partial charge on any atom is -0.456 e. The van der Waals surface area contributed by atoms with Crippen LogP contribution < -0.4 is 10.6 Å². The highest BCUT2D eigenvalue weighted by atomic mass is 16.3. The number of amidine groups is 1. The number of allylic oxidation sites excluding steroid dienone is 8. The lowest BCUT2D eigenvalue weighted by Gasteiger charge is -2.24. The average molecular weight is 756 g/mol. The minimum absolute atomic E-state index is 0.0711. The van der Waals surface area contributed by atoms with Crippen LogP contribution in [0.15, 0.2) is 176 Å². The molecule has 4 heteroatoms. The van der Waals surface area contributed by atoms with Gasteiger partial charge < -0.3 is 4.42 Å². The Hall–Kier alpha value is -6.39. The lowest BCUT2D eigenvalue weighted by atomic mass is 9.80. The molecule has 0 saturated heterocycles. The molecule has 58 heavy (non-hydrogen) atoms. The van der Waals surface area contributed by atoms with Gasteiger partial charge in [-0.1, -0.05) is 148 Å². The maximum Gasteiger partial charge on any atom is 0.155 e. The molecule has 0 amide bonds. The van der Waals surface area contributed by atoms with E-state index in [0.717, 1.165) is 103 Å². The number of rotatable bonds is 7. The van der Waals surface area contributed by atoms with E-state index < -0.39 is 0 Å². The molecule has 0 spiro atoms. The zero-order chi connectivity index (χ0) is 40.0. The summed E-state index contributed by atoms with van der Waals surface area (Å²) in [4.78, 5) is 15.9. The Kier molecular flexibility index (Phi) is 9.73. The van der Waals surface area contributed by atoms with Crippen LogP contribution in [0, 0.1) is 5.41 Å². The van der Waals surface area contributed by atoms with E-state index in [1.807, 2.05) is 18.2 Å². The first kappa shape index (κ1) is 37.2. The summed E-state index contributed by atoms with van der Waals surface area (Å²) < 4.78 is 6.75. The first-order chi connectivity index (χ1) is 28.2. The van der Waals surface area contributed by atoms with Crippen molar-refractivity contribution in [1.82, 2.24) is 4.98 Å². The zero-order valence-corrected chi connectivity index (χ0v) is 34.1. The van der Waals surface area contributed by atoms with Gasteiger partial charge in [-0.3, -0.25) is 4.99 Å². The van der Waals surface area contributed by atoms with Gasteiger partial charge in [0.25, 0.3) is 0 Å². The quantitative estimate of drug-likeness (QED) is 0.120. The molecule has 0 fully saturated rings. The SMILES string of the molecule is C=C1C2=C(C=CCC2)C(C)(C)/C1=C/C=C(\C)C(C)/N=C(\N=C(/C)c1ccccc1)c1ccc(-c2nc3cccc(-c4ccccc4)c3c3oc4c(c23)=CCCC=4)cc1. The number of pyridine rings is 1. The molecule has 4 aromatic carbocycles. The fourth-order valence-electron chi connectivity index (χ4n) is 8.83. The number of hydrogen-bond donors (Lipinski definition) is 0. The van der Waals surface area contributed by atoms with Gasteiger partial charge in [0.1, 0.15) is 11.0 Å². The van der Waals surface area contributed by atoms with Gasteiger partial charge in [0.15, 0.2) is 5.84 Å². The third kappa shape index (κ3) is 6.67. The first-order valence-electron chi connectivity index (χ1n) is 20.6. The topological polar surface area (TPSA) is 50.8 Å². The monoisotopic (exact) mass is 755 g/mol. The van der Waals surface area contributed by atoms with Crippen LogP contribution >= 0.6 is 0 Å². The third-order valence-electron chi connectivity index (χ3n) is 12.2. The van der Waals surface area contributed by atoms with Crippen molar-refractivity contribution in [1.29, 1.82) is 0 Å². The van der Waals surface area contributed by atoms with Gasteiger partial charge in [0, 0.05) is 27.5 Å². The summed E-state index contributed by atoms with van der Waals surface area (Å²) in [6.45, 7) is 15.5. The normalized spacial score (nSPS) is 18.1. The Morgan fingerprint density at radius 3 is 2.31 bits per heavy atom. The fraction of sp³-hybridized carbons (Fsp3) is 0.204. The van der Waals surface area contributed by atoms with Crippen molar-refractivity contribution in [3.05, 3.63) is 184 Å². The predicted octanol–water partition coefficient (Wildman–Crippen LogP) is 12.4. The van der Waals surface area contributed by atoms with Crippen LogP contribution in [0.2, 0.25) is 0 Å². The summed E-state index contributed by atoms with van der Waals surface area (Å²) in [5.41, 5.74) is 16.2. The maximum atomic E-state index is 6.75. The molecule has 1 unspecified atom stereocenters. The highest BCUT2D eigenvalue weighted by Gasteiger charge is 2.38. The zero-order valence-electron chi connectivity index (χ0n) is 34.1. The van der Waals surface area contributed by atoms with E-state index in [4.69, 9.17) is 19.4 Å². The van der Waals surface area contributed by atoms with Gasteiger partial charge in [-0.15, -0.1) is 0 Å². The van der Waals surface area contributed by atoms with E-state index >= 15 is 0 Å². The van der Waals surface area contributed by atoms with Gasteiger partial charge >= 0.3 is 0 Å². The molecule has 286 valence electrons. The fourth-order valence-corrected chi connectivity index (χ4v) is 8.83. The molecule has 9 rings (SSSR count). The number of furan rings is 1. The number of aliphatic imine (C=N–C) groups is 2. The van der Waals surface area contributed by atoms with Crippen LogP contribution in [0.25, 0.3) is 56.4 Å². The standard InChI is InChI=1S/C54H49N3O/c1-34(28-33-45-35(2)42-22-13-15-25-46(42)54(45,5)6)36(3)55-53(56-37(4)38-18-9-7-10-19-38)41-31-29-40(30-32-41)51-50-44-23-14-16-27-48(44)58-52(50)49-43(24-17-26-47(49)57-51)39-20-11-8-12-21-39/h7-12,15,17-21,23-33,36H,2,13-14,16,22H2,1,3-6H3/b34-28+,45-33+,55-53-,56-37+. The second kappa shape index (κ2) is 15.2. The largest absolute Gasteiger partial charge is 0.456 e. The van der Waals surface area contributed by atoms with Crippen LogP contribution in [0.4, 0.5) is 0 Å². The van der Waals surface area contributed by atoms with Crippen molar-refractivity contribution >= 4 is 45.6 Å². The van der Waals surface area contributed by atoms with Crippen molar-refractivity contribution in [2.75, 3.05) is 0 Å². The lowest BCUT2D eigenvalue weighted by molar-refractivity contribution is 0.574. The van der Waals surface area contributed by atoms with Crippen LogP contribution in [0.3, 0.4) is 0 Å². The number of fused-ring (bicyclic) bond motifs is 5. The Morgan fingerprint density at radius 1 is 0.810 bits per heavy atom. The summed E-state index contributed by atoms with van der Waals surface area (Å²) in [6, 6.07) is 35.7. The second-order valence-electron chi connectivity index (χ2n) is 16.3. The van der Waals surface area contributed by atoms with Crippen LogP contribution in [0.5, 0.6) is 0 Å². The highest BCUT2D eigenvalue weighted by molar-refractivity contribution is 6.15. The molecule has 2 aromatic heterocycles. The van der Waals surface area contributed by atoms with Gasteiger partial charge in [0.2, 0.25) is 0 Å². The van der Waals surface area contributed by atoms with E-state index in [2.05, 4.69) is 163 Å². The van der Waals surface area contributed by atoms with E-state index in [0.29, 0.717) is 5.84 Å². The van der Waals surface area contributed by atoms with Crippen molar-refractivity contribution < 1.29 is 4.42 Å². The lowest BCUT2D eigenvalue weighted by Crippen LogP contribution is -2.22. The molecule has 0 bridgehead atoms. The molecule has 0 radical (unpaired) electrons. The van der Waals surface area contributed by atoms with Gasteiger partial charge in [-0.25, -0.2) is 9.98 Å². The predicted molar refractivity (Wildman–Crippen MR) is 245 cm³/mol. The minimum atomic E-state index is -0.107. The molecular weight excluding hydrogens is 707 g/mol. The van der Waals surface area contributed by atoms with E-state index in [-0.39, 0.29) is 11.5 Å². The molecule has 4 nitrogen and oxygen atoms in total. The smallest absolute Gasteiger partial charge is 0.155 e. The summed E-state index contributed by atoms with van der Waals surface area (Å²) in [5, 5.41) is 3.23. The molecule has 0 saturated carbocycles. The van der Waals surface area contributed by atoms with Crippen LogP contribution in [-0.2, 0) is 0 Å². The van der Waals surface area contributed by atoms with Crippen LogP contribution in [0.1, 0.15) is 71.4 Å².